The molecule has 18 heavy (non-hydrogen) atoms. The Kier molecular flexibility index (Phi) is 3.98. The van der Waals surface area contributed by atoms with Crippen LogP contribution in [0.1, 0.15) is 39.2 Å². The highest BCUT2D eigenvalue weighted by Crippen LogP contribution is 2.31. The fraction of sp³-hybridized carbons (Fsp3) is 0.467. The lowest BCUT2D eigenvalue weighted by Crippen LogP contribution is -2.38. The Labute approximate surface area is 115 Å². The van der Waals surface area contributed by atoms with Gasteiger partial charge in [-0.25, -0.2) is 5.43 Å². The van der Waals surface area contributed by atoms with Gasteiger partial charge < -0.3 is 0 Å². The van der Waals surface area contributed by atoms with Crippen molar-refractivity contribution < 1.29 is 0 Å². The number of hydrazine groups is 1. The van der Waals surface area contributed by atoms with E-state index in [9.17, 15) is 0 Å². The molecule has 0 amide bonds. The van der Waals surface area contributed by atoms with Gasteiger partial charge in [0.25, 0.3) is 0 Å². The van der Waals surface area contributed by atoms with E-state index in [0.717, 1.165) is 10.7 Å². The fourth-order valence-corrected chi connectivity index (χ4v) is 2.33. The molecule has 1 atom stereocenters. The molecule has 0 fully saturated rings. The smallest absolute Gasteiger partial charge is 0.0620 e. The highest BCUT2D eigenvalue weighted by atomic mass is 35.5. The van der Waals surface area contributed by atoms with Crippen molar-refractivity contribution in [2.75, 3.05) is 5.01 Å². The van der Waals surface area contributed by atoms with Crippen LogP contribution in [0.5, 0.6) is 0 Å². The maximum absolute atomic E-state index is 6.12. The van der Waals surface area contributed by atoms with Crippen molar-refractivity contribution in [2.45, 2.75) is 39.7 Å². The van der Waals surface area contributed by atoms with E-state index >= 15 is 0 Å². The van der Waals surface area contributed by atoms with Crippen molar-refractivity contribution in [3.05, 3.63) is 41.1 Å². The highest BCUT2D eigenvalue weighted by Gasteiger charge is 2.21. The largest absolute Gasteiger partial charge is 0.284 e. The predicted molar refractivity (Wildman–Crippen MR) is 78.9 cm³/mol. The molecule has 0 radical (unpaired) electrons. The van der Waals surface area contributed by atoms with E-state index in [-0.39, 0.29) is 0 Å². The molecule has 2 nitrogen and oxygen atoms in total. The Bertz CT molecular complexity index is 452. The van der Waals surface area contributed by atoms with Crippen LogP contribution in [0.25, 0.3) is 0 Å². The Morgan fingerprint density at radius 2 is 1.94 bits per heavy atom. The second-order valence-corrected chi connectivity index (χ2v) is 5.90. The minimum atomic E-state index is 0.393. The van der Waals surface area contributed by atoms with Gasteiger partial charge >= 0.3 is 0 Å². The molecule has 1 unspecified atom stereocenters. The first kappa shape index (κ1) is 13.4. The summed E-state index contributed by atoms with van der Waals surface area (Å²) in [7, 11) is 0. The molecule has 1 N–H and O–H groups in total. The Balaban J connectivity index is 2.29. The summed E-state index contributed by atoms with van der Waals surface area (Å²) >= 11 is 6.12. The lowest BCUT2D eigenvalue weighted by molar-refractivity contribution is 0.489. The van der Waals surface area contributed by atoms with Crippen LogP contribution in [0.3, 0.4) is 0 Å². The summed E-state index contributed by atoms with van der Waals surface area (Å²) in [6, 6.07) is 6.49. The van der Waals surface area contributed by atoms with E-state index in [2.05, 4.69) is 56.5 Å². The van der Waals surface area contributed by atoms with E-state index in [1.54, 1.807) is 0 Å². The van der Waals surface area contributed by atoms with Gasteiger partial charge in [0.2, 0.25) is 0 Å². The SMILES string of the molecule is CC(C)c1ccc(Cl)cc1N1C=CC(C(C)C)N1. The van der Waals surface area contributed by atoms with Gasteiger partial charge in [-0.15, -0.1) is 0 Å². The van der Waals surface area contributed by atoms with Gasteiger partial charge in [-0.05, 0) is 35.6 Å². The molecule has 0 saturated heterocycles. The molecule has 3 heteroatoms. The van der Waals surface area contributed by atoms with Crippen molar-refractivity contribution in [2.24, 2.45) is 5.92 Å². The third-order valence-electron chi connectivity index (χ3n) is 3.32. The summed E-state index contributed by atoms with van der Waals surface area (Å²) in [5.41, 5.74) is 5.95. The molecular weight excluding hydrogens is 244 g/mol. The molecule has 1 heterocycles. The van der Waals surface area contributed by atoms with Crippen molar-refractivity contribution in [1.82, 2.24) is 5.43 Å². The summed E-state index contributed by atoms with van der Waals surface area (Å²) in [6.45, 7) is 8.83. The number of hydrogen-bond donors (Lipinski definition) is 1. The van der Waals surface area contributed by atoms with Crippen molar-refractivity contribution in [1.29, 1.82) is 0 Å². The second kappa shape index (κ2) is 5.33. The zero-order chi connectivity index (χ0) is 13.3. The van der Waals surface area contributed by atoms with E-state index in [1.807, 2.05) is 12.1 Å². The number of anilines is 1. The van der Waals surface area contributed by atoms with Gasteiger partial charge in [0.15, 0.2) is 0 Å². The van der Waals surface area contributed by atoms with Crippen LogP contribution in [-0.2, 0) is 0 Å². The van der Waals surface area contributed by atoms with Gasteiger partial charge in [-0.2, -0.15) is 0 Å². The quantitative estimate of drug-likeness (QED) is 0.874. The van der Waals surface area contributed by atoms with Crippen molar-refractivity contribution >= 4 is 17.3 Å². The zero-order valence-corrected chi connectivity index (χ0v) is 12.2. The van der Waals surface area contributed by atoms with Crippen LogP contribution < -0.4 is 10.4 Å². The van der Waals surface area contributed by atoms with Gasteiger partial charge in [0, 0.05) is 17.3 Å². The number of nitrogens with zero attached hydrogens (tertiary/aromatic N) is 1. The number of benzene rings is 1. The van der Waals surface area contributed by atoms with Crippen LogP contribution in [0.15, 0.2) is 30.5 Å². The maximum atomic E-state index is 6.12. The third kappa shape index (κ3) is 2.70. The summed E-state index contributed by atoms with van der Waals surface area (Å²) in [5.74, 6) is 1.05. The molecule has 0 aromatic heterocycles. The molecule has 0 saturated carbocycles. The molecular formula is C15H21ClN2. The first-order valence-corrected chi connectivity index (χ1v) is 6.90. The zero-order valence-electron chi connectivity index (χ0n) is 11.4. The van der Waals surface area contributed by atoms with Crippen LogP contribution in [0, 0.1) is 5.92 Å². The van der Waals surface area contributed by atoms with Gasteiger partial charge in [-0.3, -0.25) is 5.01 Å². The maximum Gasteiger partial charge on any atom is 0.0620 e. The Morgan fingerprint density at radius 1 is 1.22 bits per heavy atom. The first-order valence-electron chi connectivity index (χ1n) is 6.52. The monoisotopic (exact) mass is 264 g/mol. The standard InChI is InChI=1S/C15H21ClN2/c1-10(2)13-6-5-12(16)9-15(13)18-8-7-14(17-18)11(3)4/h5-11,14,17H,1-4H3. The van der Waals surface area contributed by atoms with E-state index in [0.29, 0.717) is 17.9 Å². The normalized spacial score (nSPS) is 19.3. The average Bonchev–Trinajstić information content (AvgIpc) is 2.77. The number of hydrogen-bond acceptors (Lipinski definition) is 2. The molecule has 1 aromatic carbocycles. The molecule has 0 spiro atoms. The number of nitrogens with one attached hydrogen (secondary N) is 1. The van der Waals surface area contributed by atoms with E-state index in [4.69, 9.17) is 11.6 Å². The molecule has 0 aliphatic carbocycles. The summed E-state index contributed by atoms with van der Waals surface area (Å²) < 4.78 is 0. The lowest BCUT2D eigenvalue weighted by atomic mass is 10.0. The molecule has 98 valence electrons. The molecule has 1 aliphatic heterocycles. The van der Waals surface area contributed by atoms with Gasteiger partial charge in [-0.1, -0.05) is 45.4 Å². The van der Waals surface area contributed by atoms with E-state index < -0.39 is 0 Å². The van der Waals surface area contributed by atoms with Crippen molar-refractivity contribution in [3.63, 3.8) is 0 Å². The van der Waals surface area contributed by atoms with Crippen LogP contribution in [-0.4, -0.2) is 6.04 Å². The average molecular weight is 265 g/mol. The summed E-state index contributed by atoms with van der Waals surface area (Å²) in [4.78, 5) is 0. The van der Waals surface area contributed by atoms with Crippen LogP contribution >= 0.6 is 11.6 Å². The summed E-state index contributed by atoms with van der Waals surface area (Å²) in [6.07, 6.45) is 4.30. The second-order valence-electron chi connectivity index (χ2n) is 5.47. The fourth-order valence-electron chi connectivity index (χ4n) is 2.16. The van der Waals surface area contributed by atoms with E-state index in [1.165, 1.54) is 5.56 Å². The minimum Gasteiger partial charge on any atom is -0.284 e. The van der Waals surface area contributed by atoms with Gasteiger partial charge in [0.1, 0.15) is 0 Å². The van der Waals surface area contributed by atoms with Crippen LogP contribution in [0.2, 0.25) is 5.02 Å². The van der Waals surface area contributed by atoms with Gasteiger partial charge in [0.05, 0.1) is 5.69 Å². The predicted octanol–water partition coefficient (Wildman–Crippen LogP) is 4.33. The van der Waals surface area contributed by atoms with Crippen molar-refractivity contribution in [3.8, 4) is 0 Å². The minimum absolute atomic E-state index is 0.393. The third-order valence-corrected chi connectivity index (χ3v) is 3.56. The summed E-state index contributed by atoms with van der Waals surface area (Å²) in [5, 5.41) is 2.86. The number of rotatable bonds is 3. The Hall–Kier alpha value is -0.990. The first-order chi connectivity index (χ1) is 8.49. The molecule has 0 bridgehead atoms. The molecule has 1 aliphatic rings. The number of halogens is 1. The lowest BCUT2D eigenvalue weighted by Gasteiger charge is -2.25. The molecule has 1 aromatic rings. The Morgan fingerprint density at radius 3 is 2.50 bits per heavy atom. The van der Waals surface area contributed by atoms with Crippen LogP contribution in [0.4, 0.5) is 5.69 Å². The highest BCUT2D eigenvalue weighted by molar-refractivity contribution is 6.30. The topological polar surface area (TPSA) is 15.3 Å². The molecule has 2 rings (SSSR count).